The Morgan fingerprint density at radius 1 is 1.08 bits per heavy atom. The third-order valence-corrected chi connectivity index (χ3v) is 4.73. The van der Waals surface area contributed by atoms with Crippen LogP contribution in [0.25, 0.3) is 0 Å². The molecule has 0 spiro atoms. The highest BCUT2D eigenvalue weighted by Gasteiger charge is 2.35. The molecule has 2 N–H and O–H groups in total. The zero-order chi connectivity index (χ0) is 16.4. The first kappa shape index (κ1) is 15.0. The molecule has 0 radical (unpaired) electrons. The number of nitrogens with two attached hydrogens (primary N) is 1. The van der Waals surface area contributed by atoms with Gasteiger partial charge in [0, 0.05) is 23.9 Å². The van der Waals surface area contributed by atoms with Crippen molar-refractivity contribution < 1.29 is 4.74 Å². The van der Waals surface area contributed by atoms with Crippen molar-refractivity contribution >= 4 is 5.69 Å². The summed E-state index contributed by atoms with van der Waals surface area (Å²) in [6, 6.07) is 11.2. The fourth-order valence-corrected chi connectivity index (χ4v) is 3.40. The minimum absolute atomic E-state index is 0.242. The van der Waals surface area contributed by atoms with E-state index in [-0.39, 0.29) is 6.10 Å². The third kappa shape index (κ3) is 3.34. The molecule has 122 valence electrons. The predicted octanol–water partition coefficient (Wildman–Crippen LogP) is 1.93. The molecule has 5 nitrogen and oxygen atoms in total. The largest absolute Gasteiger partial charge is 0.472 e. The molecule has 2 aromatic rings. The Kier molecular flexibility index (Phi) is 4.06. The molecule has 1 aromatic carbocycles. The van der Waals surface area contributed by atoms with Crippen LogP contribution in [0.15, 0.2) is 36.4 Å². The number of anilines is 1. The van der Waals surface area contributed by atoms with Crippen LogP contribution in [0.1, 0.15) is 24.1 Å². The Morgan fingerprint density at radius 2 is 1.96 bits per heavy atom. The summed E-state index contributed by atoms with van der Waals surface area (Å²) in [6.45, 7) is 3.41. The van der Waals surface area contributed by atoms with Gasteiger partial charge >= 0.3 is 0 Å². The molecule has 3 aliphatic heterocycles. The molecule has 0 aliphatic carbocycles. The van der Waals surface area contributed by atoms with E-state index >= 15 is 0 Å². The molecule has 2 bridgehead atoms. The fourth-order valence-electron chi connectivity index (χ4n) is 3.40. The summed E-state index contributed by atoms with van der Waals surface area (Å²) in [4.78, 5) is 2.46. The van der Waals surface area contributed by atoms with Crippen molar-refractivity contribution in [2.24, 2.45) is 5.92 Å². The van der Waals surface area contributed by atoms with E-state index in [2.05, 4.69) is 26.9 Å². The van der Waals surface area contributed by atoms with Gasteiger partial charge in [-0.1, -0.05) is 12.0 Å². The van der Waals surface area contributed by atoms with Gasteiger partial charge in [0.05, 0.1) is 0 Å². The number of nitrogen functional groups attached to an aromatic ring is 1. The Hall–Kier alpha value is -2.58. The van der Waals surface area contributed by atoms with Crippen molar-refractivity contribution in [2.75, 3.05) is 25.4 Å². The topological polar surface area (TPSA) is 64.3 Å². The molecule has 3 fully saturated rings. The molecule has 0 unspecified atom stereocenters. The van der Waals surface area contributed by atoms with Gasteiger partial charge in [-0.25, -0.2) is 0 Å². The Labute approximate surface area is 141 Å². The van der Waals surface area contributed by atoms with Crippen molar-refractivity contribution in [3.8, 4) is 17.7 Å². The second kappa shape index (κ2) is 6.50. The number of piperidine rings is 3. The molecular formula is C19H20N4O. The van der Waals surface area contributed by atoms with Crippen molar-refractivity contribution in [3.63, 3.8) is 0 Å². The van der Waals surface area contributed by atoms with Gasteiger partial charge in [0.2, 0.25) is 5.88 Å². The maximum atomic E-state index is 6.04. The van der Waals surface area contributed by atoms with E-state index < -0.39 is 0 Å². The monoisotopic (exact) mass is 320 g/mol. The van der Waals surface area contributed by atoms with Crippen LogP contribution in [0, 0.1) is 17.8 Å². The molecule has 0 amide bonds. The van der Waals surface area contributed by atoms with Crippen LogP contribution in [0.4, 0.5) is 5.69 Å². The minimum Gasteiger partial charge on any atom is -0.472 e. The SMILES string of the molecule is Nc1cccc(C#Cc2ccc(O[C@H]3CN4CCC3CC4)nn2)c1. The van der Waals surface area contributed by atoms with Crippen molar-refractivity contribution in [1.29, 1.82) is 0 Å². The Morgan fingerprint density at radius 3 is 2.62 bits per heavy atom. The lowest BCUT2D eigenvalue weighted by molar-refractivity contribution is -0.0104. The lowest BCUT2D eigenvalue weighted by Gasteiger charge is -2.44. The van der Waals surface area contributed by atoms with Gasteiger partial charge in [-0.3, -0.25) is 4.90 Å². The van der Waals surface area contributed by atoms with Gasteiger partial charge in [0.1, 0.15) is 11.8 Å². The number of fused-ring (bicyclic) bond motifs is 3. The molecule has 0 saturated carbocycles. The van der Waals surface area contributed by atoms with Crippen molar-refractivity contribution in [1.82, 2.24) is 15.1 Å². The smallest absolute Gasteiger partial charge is 0.233 e. The van der Waals surface area contributed by atoms with E-state index in [9.17, 15) is 0 Å². The first-order valence-corrected chi connectivity index (χ1v) is 8.36. The predicted molar refractivity (Wildman–Crippen MR) is 92.4 cm³/mol. The first-order valence-electron chi connectivity index (χ1n) is 8.36. The molecule has 3 aliphatic rings. The molecule has 24 heavy (non-hydrogen) atoms. The van der Waals surface area contributed by atoms with Crippen LogP contribution in [0.2, 0.25) is 0 Å². The van der Waals surface area contributed by atoms with E-state index in [1.807, 2.05) is 36.4 Å². The van der Waals surface area contributed by atoms with Gasteiger partial charge in [-0.2, -0.15) is 0 Å². The quantitative estimate of drug-likeness (QED) is 0.677. The number of rotatable bonds is 2. The van der Waals surface area contributed by atoms with Gasteiger partial charge in [-0.05, 0) is 62.0 Å². The number of hydrogen-bond donors (Lipinski definition) is 1. The summed E-state index contributed by atoms with van der Waals surface area (Å²) in [7, 11) is 0. The maximum absolute atomic E-state index is 6.04. The van der Waals surface area contributed by atoms with Gasteiger partial charge in [0.25, 0.3) is 0 Å². The third-order valence-electron chi connectivity index (χ3n) is 4.73. The zero-order valence-corrected chi connectivity index (χ0v) is 13.5. The van der Waals surface area contributed by atoms with Crippen LogP contribution in [0.5, 0.6) is 5.88 Å². The number of nitrogens with zero attached hydrogens (tertiary/aromatic N) is 3. The average Bonchev–Trinajstić information content (AvgIpc) is 2.62. The molecule has 3 saturated heterocycles. The first-order chi connectivity index (χ1) is 11.8. The van der Waals surface area contributed by atoms with Gasteiger partial charge < -0.3 is 10.5 Å². The van der Waals surface area contributed by atoms with E-state index in [4.69, 9.17) is 10.5 Å². The second-order valence-corrected chi connectivity index (χ2v) is 6.43. The van der Waals surface area contributed by atoms with E-state index in [0.717, 1.165) is 12.1 Å². The molecule has 1 aromatic heterocycles. The second-order valence-electron chi connectivity index (χ2n) is 6.43. The lowest BCUT2D eigenvalue weighted by atomic mass is 9.86. The molecule has 4 heterocycles. The summed E-state index contributed by atoms with van der Waals surface area (Å²) in [5, 5.41) is 8.32. The van der Waals surface area contributed by atoms with E-state index in [1.165, 1.54) is 25.9 Å². The van der Waals surface area contributed by atoms with Crippen LogP contribution in [0.3, 0.4) is 0 Å². The van der Waals surface area contributed by atoms with Crippen LogP contribution >= 0.6 is 0 Å². The summed E-state index contributed by atoms with van der Waals surface area (Å²) in [5.74, 6) is 7.29. The molecular weight excluding hydrogens is 300 g/mol. The maximum Gasteiger partial charge on any atom is 0.233 e. The summed E-state index contributed by atoms with van der Waals surface area (Å²) >= 11 is 0. The molecule has 1 atom stereocenters. The standard InChI is InChI=1S/C19H20N4O/c20-16-3-1-2-14(12-16)4-5-17-6-7-19(22-21-17)24-18-13-23-10-8-15(18)9-11-23/h1-3,6-7,12,15,18H,8-11,13,20H2/t18-/m0/s1. The average molecular weight is 320 g/mol. The normalized spacial score (nSPS) is 24.9. The number of aromatic nitrogens is 2. The van der Waals surface area contributed by atoms with Gasteiger partial charge in [0.15, 0.2) is 0 Å². The molecule has 5 rings (SSSR count). The van der Waals surface area contributed by atoms with Crippen molar-refractivity contribution in [2.45, 2.75) is 18.9 Å². The highest BCUT2D eigenvalue weighted by Crippen LogP contribution is 2.29. The van der Waals surface area contributed by atoms with Crippen LogP contribution in [-0.2, 0) is 0 Å². The van der Waals surface area contributed by atoms with E-state index in [1.54, 1.807) is 0 Å². The van der Waals surface area contributed by atoms with Crippen molar-refractivity contribution in [3.05, 3.63) is 47.7 Å². The highest BCUT2D eigenvalue weighted by atomic mass is 16.5. The zero-order valence-electron chi connectivity index (χ0n) is 13.5. The summed E-state index contributed by atoms with van der Waals surface area (Å²) in [6.07, 6.45) is 2.69. The fraction of sp³-hybridized carbons (Fsp3) is 0.368. The Bertz CT molecular complexity index is 770. The summed E-state index contributed by atoms with van der Waals surface area (Å²) < 4.78 is 6.04. The summed E-state index contributed by atoms with van der Waals surface area (Å²) in [5.41, 5.74) is 7.94. The number of benzene rings is 1. The van der Waals surface area contributed by atoms with E-state index in [0.29, 0.717) is 23.2 Å². The Balaban J connectivity index is 1.42. The number of ether oxygens (including phenoxy) is 1. The highest BCUT2D eigenvalue weighted by molar-refractivity contribution is 5.48. The van der Waals surface area contributed by atoms with Crippen LogP contribution in [-0.4, -0.2) is 40.8 Å². The number of hydrogen-bond acceptors (Lipinski definition) is 5. The lowest BCUT2D eigenvalue weighted by Crippen LogP contribution is -2.52. The van der Waals surface area contributed by atoms with Crippen LogP contribution < -0.4 is 10.5 Å². The minimum atomic E-state index is 0.242. The van der Waals surface area contributed by atoms with Gasteiger partial charge in [-0.15, -0.1) is 10.2 Å². The molecule has 5 heteroatoms.